The lowest BCUT2D eigenvalue weighted by Crippen LogP contribution is -2.37. The van der Waals surface area contributed by atoms with E-state index in [1.165, 1.54) is 0 Å². The topological polar surface area (TPSA) is 57.4 Å². The summed E-state index contributed by atoms with van der Waals surface area (Å²) in [7, 11) is 0. The Morgan fingerprint density at radius 1 is 1.50 bits per heavy atom. The highest BCUT2D eigenvalue weighted by molar-refractivity contribution is 5.14. The van der Waals surface area contributed by atoms with Crippen LogP contribution in [0.1, 0.15) is 11.6 Å². The Balaban J connectivity index is 2.03. The van der Waals surface area contributed by atoms with E-state index < -0.39 is 0 Å². The third-order valence-electron chi connectivity index (χ3n) is 2.31. The van der Waals surface area contributed by atoms with E-state index in [1.54, 1.807) is 12.4 Å². The molecule has 4 heteroatoms. The lowest BCUT2D eigenvalue weighted by molar-refractivity contribution is -0.0976. The van der Waals surface area contributed by atoms with Gasteiger partial charge in [-0.3, -0.25) is 4.98 Å². The molecule has 76 valence electrons. The number of nitrogens with two attached hydrogens (primary N) is 1. The average molecular weight is 194 g/mol. The minimum Gasteiger partial charge on any atom is -0.376 e. The van der Waals surface area contributed by atoms with Crippen LogP contribution >= 0.6 is 0 Å². The Morgan fingerprint density at radius 3 is 3.07 bits per heavy atom. The van der Waals surface area contributed by atoms with Crippen LogP contribution in [0, 0.1) is 0 Å². The molecule has 2 atom stereocenters. The van der Waals surface area contributed by atoms with Gasteiger partial charge in [-0.2, -0.15) is 0 Å². The number of aromatic nitrogens is 1. The number of hydrogen-bond donors (Lipinski definition) is 1. The molecule has 14 heavy (non-hydrogen) atoms. The zero-order chi connectivity index (χ0) is 9.80. The molecule has 1 aliphatic heterocycles. The smallest absolute Gasteiger partial charge is 0.100 e. The molecular weight excluding hydrogens is 180 g/mol. The maximum atomic E-state index is 6.02. The molecule has 0 radical (unpaired) electrons. The molecule has 4 nitrogen and oxygen atoms in total. The van der Waals surface area contributed by atoms with Gasteiger partial charge >= 0.3 is 0 Å². The Labute approximate surface area is 83.0 Å². The van der Waals surface area contributed by atoms with Crippen LogP contribution in [-0.4, -0.2) is 30.9 Å². The van der Waals surface area contributed by atoms with Gasteiger partial charge in [0.05, 0.1) is 25.9 Å². The Morgan fingerprint density at radius 2 is 2.43 bits per heavy atom. The minimum absolute atomic E-state index is 0.0482. The molecule has 2 rings (SSSR count). The molecule has 0 bridgehead atoms. The van der Waals surface area contributed by atoms with E-state index in [-0.39, 0.29) is 12.1 Å². The monoisotopic (exact) mass is 194 g/mol. The van der Waals surface area contributed by atoms with E-state index in [4.69, 9.17) is 15.2 Å². The van der Waals surface area contributed by atoms with Crippen molar-refractivity contribution in [2.45, 2.75) is 12.1 Å². The lowest BCUT2D eigenvalue weighted by atomic mass is 10.0. The standard InChI is InChI=1S/C10H14N2O2/c11-10(8-2-1-3-12-6-8)9-7-13-4-5-14-9/h1-3,6,9-10H,4-5,7,11H2. The van der Waals surface area contributed by atoms with Gasteiger partial charge in [0.2, 0.25) is 0 Å². The van der Waals surface area contributed by atoms with Gasteiger partial charge in [0.1, 0.15) is 6.10 Å². The van der Waals surface area contributed by atoms with E-state index in [1.807, 2.05) is 12.1 Å². The molecule has 2 heterocycles. The first-order valence-corrected chi connectivity index (χ1v) is 4.73. The molecule has 1 fully saturated rings. The van der Waals surface area contributed by atoms with Crippen LogP contribution in [0.3, 0.4) is 0 Å². The molecule has 0 aliphatic carbocycles. The molecule has 1 aromatic rings. The normalized spacial score (nSPS) is 24.5. The average Bonchev–Trinajstić information content (AvgIpc) is 2.30. The van der Waals surface area contributed by atoms with Crippen LogP contribution in [0.2, 0.25) is 0 Å². The second-order valence-corrected chi connectivity index (χ2v) is 3.30. The third kappa shape index (κ3) is 2.09. The summed E-state index contributed by atoms with van der Waals surface area (Å²) in [5.41, 5.74) is 7.01. The van der Waals surface area contributed by atoms with Gasteiger partial charge in [0, 0.05) is 12.4 Å². The second-order valence-electron chi connectivity index (χ2n) is 3.30. The zero-order valence-corrected chi connectivity index (χ0v) is 7.93. The summed E-state index contributed by atoms with van der Waals surface area (Å²) in [6.07, 6.45) is 3.45. The fourth-order valence-electron chi connectivity index (χ4n) is 1.50. The van der Waals surface area contributed by atoms with Crippen LogP contribution in [0.4, 0.5) is 0 Å². The van der Waals surface area contributed by atoms with Crippen molar-refractivity contribution in [1.29, 1.82) is 0 Å². The van der Waals surface area contributed by atoms with E-state index in [9.17, 15) is 0 Å². The summed E-state index contributed by atoms with van der Waals surface area (Å²) < 4.78 is 10.8. The van der Waals surface area contributed by atoms with Crippen molar-refractivity contribution in [2.75, 3.05) is 19.8 Å². The van der Waals surface area contributed by atoms with Crippen LogP contribution < -0.4 is 5.73 Å². The zero-order valence-electron chi connectivity index (χ0n) is 7.93. The highest BCUT2D eigenvalue weighted by atomic mass is 16.6. The van der Waals surface area contributed by atoms with Crippen molar-refractivity contribution in [1.82, 2.24) is 4.98 Å². The first-order chi connectivity index (χ1) is 6.88. The molecule has 0 spiro atoms. The summed E-state index contributed by atoms with van der Waals surface area (Å²) in [6.45, 7) is 1.85. The van der Waals surface area contributed by atoms with Gasteiger partial charge < -0.3 is 15.2 Å². The van der Waals surface area contributed by atoms with Crippen LogP contribution in [0.15, 0.2) is 24.5 Å². The Kier molecular flexibility index (Phi) is 3.08. The number of pyridine rings is 1. The first-order valence-electron chi connectivity index (χ1n) is 4.73. The van der Waals surface area contributed by atoms with Crippen molar-refractivity contribution in [3.05, 3.63) is 30.1 Å². The van der Waals surface area contributed by atoms with Crippen LogP contribution in [0.5, 0.6) is 0 Å². The summed E-state index contributed by atoms with van der Waals surface area (Å²) in [6, 6.07) is 3.68. The molecule has 0 saturated carbocycles. The molecule has 1 aromatic heterocycles. The van der Waals surface area contributed by atoms with Crippen molar-refractivity contribution in [2.24, 2.45) is 5.73 Å². The summed E-state index contributed by atoms with van der Waals surface area (Å²) in [4.78, 5) is 4.02. The molecule has 1 aliphatic rings. The fraction of sp³-hybridized carbons (Fsp3) is 0.500. The predicted octanol–water partition coefficient (Wildman–Crippen LogP) is 0.497. The molecule has 0 amide bonds. The van der Waals surface area contributed by atoms with Crippen LogP contribution in [-0.2, 0) is 9.47 Å². The van der Waals surface area contributed by atoms with E-state index >= 15 is 0 Å². The van der Waals surface area contributed by atoms with Crippen molar-refractivity contribution >= 4 is 0 Å². The SMILES string of the molecule is NC(c1cccnc1)C1COCCO1. The molecular formula is C10H14N2O2. The third-order valence-corrected chi connectivity index (χ3v) is 2.31. The first kappa shape index (κ1) is 9.58. The van der Waals surface area contributed by atoms with E-state index in [0.717, 1.165) is 5.56 Å². The minimum atomic E-state index is -0.149. The van der Waals surface area contributed by atoms with Gasteiger partial charge in [-0.25, -0.2) is 0 Å². The number of nitrogens with zero attached hydrogens (tertiary/aromatic N) is 1. The van der Waals surface area contributed by atoms with Gasteiger partial charge in [-0.05, 0) is 11.6 Å². The number of rotatable bonds is 2. The molecule has 1 saturated heterocycles. The summed E-state index contributed by atoms with van der Waals surface area (Å²) >= 11 is 0. The predicted molar refractivity (Wildman–Crippen MR) is 51.7 cm³/mol. The van der Waals surface area contributed by atoms with Crippen molar-refractivity contribution in [3.63, 3.8) is 0 Å². The molecule has 0 aromatic carbocycles. The largest absolute Gasteiger partial charge is 0.376 e. The Hall–Kier alpha value is -0.970. The van der Waals surface area contributed by atoms with Crippen molar-refractivity contribution < 1.29 is 9.47 Å². The number of hydrogen-bond acceptors (Lipinski definition) is 4. The maximum Gasteiger partial charge on any atom is 0.100 e. The summed E-state index contributed by atoms with van der Waals surface area (Å²) in [5, 5.41) is 0. The summed E-state index contributed by atoms with van der Waals surface area (Å²) in [5.74, 6) is 0. The molecule has 2 unspecified atom stereocenters. The maximum absolute atomic E-state index is 6.02. The second kappa shape index (κ2) is 4.50. The molecule has 2 N–H and O–H groups in total. The van der Waals surface area contributed by atoms with Crippen molar-refractivity contribution in [3.8, 4) is 0 Å². The highest BCUT2D eigenvalue weighted by Gasteiger charge is 2.23. The van der Waals surface area contributed by atoms with Gasteiger partial charge in [0.15, 0.2) is 0 Å². The lowest BCUT2D eigenvalue weighted by Gasteiger charge is -2.27. The number of ether oxygens (including phenoxy) is 2. The van der Waals surface area contributed by atoms with E-state index in [0.29, 0.717) is 19.8 Å². The van der Waals surface area contributed by atoms with Gasteiger partial charge in [-0.15, -0.1) is 0 Å². The quantitative estimate of drug-likeness (QED) is 0.744. The van der Waals surface area contributed by atoms with E-state index in [2.05, 4.69) is 4.98 Å². The van der Waals surface area contributed by atoms with Gasteiger partial charge in [-0.1, -0.05) is 6.07 Å². The van der Waals surface area contributed by atoms with Crippen LogP contribution in [0.25, 0.3) is 0 Å². The fourth-order valence-corrected chi connectivity index (χ4v) is 1.50. The Bertz CT molecular complexity index is 273. The highest BCUT2D eigenvalue weighted by Crippen LogP contribution is 2.17. The van der Waals surface area contributed by atoms with Gasteiger partial charge in [0.25, 0.3) is 0 Å².